The van der Waals surface area contributed by atoms with E-state index in [2.05, 4.69) is 74.5 Å². The second-order valence-electron chi connectivity index (χ2n) is 5.62. The molecule has 0 saturated carbocycles. The number of rotatable bonds is 6. The van der Waals surface area contributed by atoms with E-state index in [1.165, 1.54) is 24.0 Å². The zero-order valence-corrected chi connectivity index (χ0v) is 12.0. The van der Waals surface area contributed by atoms with Crippen LogP contribution in [0.15, 0.2) is 60.7 Å². The van der Waals surface area contributed by atoms with Crippen molar-refractivity contribution >= 4 is 0 Å². The molecule has 0 spiro atoms. The highest BCUT2D eigenvalue weighted by Gasteiger charge is 2.10. The zero-order chi connectivity index (χ0) is 13.5. The molecule has 0 heteroatoms. The summed E-state index contributed by atoms with van der Waals surface area (Å²) >= 11 is 0. The van der Waals surface area contributed by atoms with E-state index < -0.39 is 0 Å². The van der Waals surface area contributed by atoms with Gasteiger partial charge in [-0.1, -0.05) is 74.5 Å². The van der Waals surface area contributed by atoms with Crippen LogP contribution in [0.3, 0.4) is 0 Å². The third-order valence-electron chi connectivity index (χ3n) is 3.47. The summed E-state index contributed by atoms with van der Waals surface area (Å²) in [5.41, 5.74) is 2.87. The van der Waals surface area contributed by atoms with Crippen molar-refractivity contribution in [1.29, 1.82) is 0 Å². The first kappa shape index (κ1) is 13.9. The Morgan fingerprint density at radius 1 is 0.842 bits per heavy atom. The summed E-state index contributed by atoms with van der Waals surface area (Å²) < 4.78 is 0. The molecule has 1 radical (unpaired) electrons. The van der Waals surface area contributed by atoms with Gasteiger partial charge >= 0.3 is 0 Å². The highest BCUT2D eigenvalue weighted by Crippen LogP contribution is 2.21. The summed E-state index contributed by atoms with van der Waals surface area (Å²) in [7, 11) is 0. The van der Waals surface area contributed by atoms with Gasteiger partial charge in [0.1, 0.15) is 0 Å². The van der Waals surface area contributed by atoms with E-state index in [1.807, 2.05) is 0 Å². The maximum absolute atomic E-state index is 2.35. The Morgan fingerprint density at radius 2 is 1.37 bits per heavy atom. The van der Waals surface area contributed by atoms with Gasteiger partial charge in [-0.05, 0) is 42.2 Å². The topological polar surface area (TPSA) is 0 Å². The van der Waals surface area contributed by atoms with E-state index in [0.29, 0.717) is 5.92 Å². The standard InChI is InChI=1S/C19H23/c1-16(14-18-9-5-3-6-10-18)13-17(2)15-19-11-7-4-8-12-19/h3-12,16H,13-15H2,1-2H3. The van der Waals surface area contributed by atoms with Gasteiger partial charge in [-0.25, -0.2) is 0 Å². The molecule has 2 rings (SSSR count). The predicted octanol–water partition coefficient (Wildman–Crippen LogP) is 5.09. The lowest BCUT2D eigenvalue weighted by atomic mass is 9.88. The Bertz CT molecular complexity index is 412. The van der Waals surface area contributed by atoms with Gasteiger partial charge in [-0.3, -0.25) is 0 Å². The van der Waals surface area contributed by atoms with Gasteiger partial charge in [0, 0.05) is 0 Å². The molecule has 0 fully saturated rings. The Morgan fingerprint density at radius 3 is 1.95 bits per heavy atom. The molecule has 0 aliphatic carbocycles. The van der Waals surface area contributed by atoms with Crippen LogP contribution in [0.4, 0.5) is 0 Å². The summed E-state index contributed by atoms with van der Waals surface area (Å²) in [5.74, 6) is 2.29. The minimum absolute atomic E-state index is 0.714. The second kappa shape index (κ2) is 7.13. The van der Waals surface area contributed by atoms with Crippen LogP contribution in [-0.4, -0.2) is 0 Å². The summed E-state index contributed by atoms with van der Waals surface area (Å²) in [6.07, 6.45) is 3.50. The van der Waals surface area contributed by atoms with E-state index in [-0.39, 0.29) is 0 Å². The molecule has 1 unspecified atom stereocenters. The van der Waals surface area contributed by atoms with Gasteiger partial charge in [0.25, 0.3) is 0 Å². The van der Waals surface area contributed by atoms with Gasteiger partial charge in [0.15, 0.2) is 0 Å². The molecule has 0 aromatic heterocycles. The van der Waals surface area contributed by atoms with E-state index >= 15 is 0 Å². The van der Waals surface area contributed by atoms with Crippen LogP contribution in [0.25, 0.3) is 0 Å². The van der Waals surface area contributed by atoms with Crippen molar-refractivity contribution in [1.82, 2.24) is 0 Å². The van der Waals surface area contributed by atoms with Crippen LogP contribution in [0, 0.1) is 11.8 Å². The van der Waals surface area contributed by atoms with Gasteiger partial charge in [-0.2, -0.15) is 0 Å². The number of benzene rings is 2. The molecule has 0 N–H and O–H groups in total. The lowest BCUT2D eigenvalue weighted by molar-refractivity contribution is 0.532. The Balaban J connectivity index is 1.80. The summed E-state index contributed by atoms with van der Waals surface area (Å²) in [5, 5.41) is 0. The second-order valence-corrected chi connectivity index (χ2v) is 5.62. The maximum Gasteiger partial charge on any atom is -0.0219 e. The molecule has 1 atom stereocenters. The van der Waals surface area contributed by atoms with E-state index in [1.54, 1.807) is 5.92 Å². The van der Waals surface area contributed by atoms with Gasteiger partial charge < -0.3 is 0 Å². The van der Waals surface area contributed by atoms with E-state index in [4.69, 9.17) is 0 Å². The zero-order valence-electron chi connectivity index (χ0n) is 12.0. The third-order valence-corrected chi connectivity index (χ3v) is 3.47. The fourth-order valence-electron chi connectivity index (χ4n) is 2.70. The van der Waals surface area contributed by atoms with Crippen molar-refractivity contribution in [2.75, 3.05) is 0 Å². The number of hydrogen-bond donors (Lipinski definition) is 0. The van der Waals surface area contributed by atoms with Crippen LogP contribution >= 0.6 is 0 Å². The molecule has 0 nitrogen and oxygen atoms in total. The van der Waals surface area contributed by atoms with Crippen molar-refractivity contribution in [3.8, 4) is 0 Å². The lowest BCUT2D eigenvalue weighted by Gasteiger charge is -2.17. The lowest BCUT2D eigenvalue weighted by Crippen LogP contribution is -2.07. The van der Waals surface area contributed by atoms with Crippen LogP contribution in [0.1, 0.15) is 31.4 Å². The average Bonchev–Trinajstić information content (AvgIpc) is 2.40. The van der Waals surface area contributed by atoms with Crippen LogP contribution in [0.2, 0.25) is 0 Å². The Hall–Kier alpha value is -1.56. The normalized spacial score (nSPS) is 12.6. The average molecular weight is 251 g/mol. The summed E-state index contributed by atoms with van der Waals surface area (Å²) in [4.78, 5) is 0. The smallest absolute Gasteiger partial charge is 0.0219 e. The molecular weight excluding hydrogens is 228 g/mol. The molecule has 0 aliphatic heterocycles. The van der Waals surface area contributed by atoms with Crippen molar-refractivity contribution in [2.45, 2.75) is 33.1 Å². The summed E-state index contributed by atoms with van der Waals surface area (Å²) in [6.45, 7) is 4.63. The highest BCUT2D eigenvalue weighted by atomic mass is 14.2. The number of hydrogen-bond acceptors (Lipinski definition) is 0. The Labute approximate surface area is 117 Å². The fourth-order valence-corrected chi connectivity index (χ4v) is 2.70. The fraction of sp³-hybridized carbons (Fsp3) is 0.316. The van der Waals surface area contributed by atoms with Gasteiger partial charge in [0.2, 0.25) is 0 Å². The molecule has 19 heavy (non-hydrogen) atoms. The highest BCUT2D eigenvalue weighted by molar-refractivity contribution is 5.19. The molecule has 0 saturated heterocycles. The molecule has 99 valence electrons. The van der Waals surface area contributed by atoms with Crippen molar-refractivity contribution < 1.29 is 0 Å². The molecule has 0 bridgehead atoms. The minimum atomic E-state index is 0.714. The monoisotopic (exact) mass is 251 g/mol. The maximum atomic E-state index is 2.35. The van der Waals surface area contributed by atoms with Crippen LogP contribution < -0.4 is 0 Å². The van der Waals surface area contributed by atoms with Gasteiger partial charge in [-0.15, -0.1) is 0 Å². The largest absolute Gasteiger partial charge is 0.0622 e. The third kappa shape index (κ3) is 4.90. The first-order chi connectivity index (χ1) is 9.24. The van der Waals surface area contributed by atoms with Crippen LogP contribution in [0.5, 0.6) is 0 Å². The molecule has 0 heterocycles. The first-order valence-electron chi connectivity index (χ1n) is 7.13. The molecule has 2 aromatic carbocycles. The summed E-state index contributed by atoms with van der Waals surface area (Å²) in [6, 6.07) is 21.5. The molecule has 2 aromatic rings. The van der Waals surface area contributed by atoms with Gasteiger partial charge in [0.05, 0.1) is 0 Å². The van der Waals surface area contributed by atoms with Crippen molar-refractivity contribution in [3.05, 3.63) is 77.7 Å². The molecular formula is C19H23. The predicted molar refractivity (Wildman–Crippen MR) is 83.0 cm³/mol. The quantitative estimate of drug-likeness (QED) is 0.670. The van der Waals surface area contributed by atoms with Crippen molar-refractivity contribution in [2.24, 2.45) is 5.92 Å². The molecule has 0 aliphatic rings. The van der Waals surface area contributed by atoms with E-state index in [0.717, 1.165) is 6.42 Å². The molecule has 0 amide bonds. The van der Waals surface area contributed by atoms with Crippen molar-refractivity contribution in [3.63, 3.8) is 0 Å². The van der Waals surface area contributed by atoms with Crippen LogP contribution in [-0.2, 0) is 12.8 Å². The minimum Gasteiger partial charge on any atom is -0.0622 e. The Kier molecular flexibility index (Phi) is 5.20. The van der Waals surface area contributed by atoms with E-state index in [9.17, 15) is 0 Å². The SMILES string of the molecule is C[C](Cc1ccccc1)CC(C)Cc1ccccc1. The first-order valence-corrected chi connectivity index (χ1v) is 7.13.